The number of methoxy groups -OCH3 is 1. The zero-order valence-corrected chi connectivity index (χ0v) is 25.2. The second kappa shape index (κ2) is 15.3. The van der Waals surface area contributed by atoms with Crippen LogP contribution in [0, 0.1) is 5.92 Å². The van der Waals surface area contributed by atoms with E-state index in [0.29, 0.717) is 25.3 Å². The molecule has 0 saturated carbocycles. The summed E-state index contributed by atoms with van der Waals surface area (Å²) in [6.07, 6.45) is -0.601. The van der Waals surface area contributed by atoms with Crippen LogP contribution in [0.2, 0.25) is 0 Å². The number of hydrogen-bond donors (Lipinski definition) is 3. The summed E-state index contributed by atoms with van der Waals surface area (Å²) < 4.78 is 23.6. The van der Waals surface area contributed by atoms with Crippen LogP contribution in [-0.4, -0.2) is 74.1 Å². The van der Waals surface area contributed by atoms with Crippen molar-refractivity contribution in [1.82, 2.24) is 10.2 Å². The van der Waals surface area contributed by atoms with Crippen molar-refractivity contribution < 1.29 is 33.6 Å². The molecule has 5 atom stereocenters. The number of rotatable bonds is 10. The summed E-state index contributed by atoms with van der Waals surface area (Å²) in [5, 5.41) is 15.0. The lowest BCUT2D eigenvalue weighted by atomic mass is 9.90. The van der Waals surface area contributed by atoms with E-state index in [0.717, 1.165) is 41.9 Å². The molecule has 0 spiro atoms. The Balaban J connectivity index is 1.27. The zero-order valence-electron chi connectivity index (χ0n) is 25.2. The summed E-state index contributed by atoms with van der Waals surface area (Å²) in [7, 11) is 1.30. The van der Waals surface area contributed by atoms with Crippen LogP contribution in [0.4, 0.5) is 10.5 Å². The molecule has 3 N–H and O–H groups in total. The minimum Gasteiger partial charge on any atom is -0.467 e. The fraction of sp³-hybridized carbons (Fsp3) is 0.412. The van der Waals surface area contributed by atoms with Gasteiger partial charge in [0.05, 0.1) is 39.1 Å². The lowest BCUT2D eigenvalue weighted by Crippen LogP contribution is -2.47. The Hall–Kier alpha value is -3.80. The second-order valence-electron chi connectivity index (χ2n) is 11.2. The van der Waals surface area contributed by atoms with Crippen molar-refractivity contribution in [2.45, 2.75) is 44.5 Å². The second-order valence-corrected chi connectivity index (χ2v) is 11.2. The smallest absolute Gasteiger partial charge is 0.328 e. The van der Waals surface area contributed by atoms with Gasteiger partial charge in [0, 0.05) is 43.2 Å². The van der Waals surface area contributed by atoms with E-state index in [1.165, 1.54) is 7.11 Å². The molecule has 0 radical (unpaired) electrons. The summed E-state index contributed by atoms with van der Waals surface area (Å²) in [6.45, 7) is 6.04. The van der Waals surface area contributed by atoms with Gasteiger partial charge < -0.3 is 34.7 Å². The molecule has 2 amide bonds. The van der Waals surface area contributed by atoms with Gasteiger partial charge in [-0.15, -0.1) is 0 Å². The van der Waals surface area contributed by atoms with Crippen molar-refractivity contribution in [2.75, 3.05) is 45.3 Å². The van der Waals surface area contributed by atoms with Crippen LogP contribution in [0.15, 0.2) is 78.9 Å². The number of benzene rings is 3. The topological polar surface area (TPSA) is 119 Å². The Labute approximate surface area is 258 Å². The average Bonchev–Trinajstić information content (AvgIpc) is 3.06. The van der Waals surface area contributed by atoms with Crippen molar-refractivity contribution in [3.05, 3.63) is 101 Å². The lowest BCUT2D eigenvalue weighted by Gasteiger charge is -2.43. The van der Waals surface area contributed by atoms with E-state index in [-0.39, 0.29) is 24.7 Å². The Morgan fingerprint density at radius 1 is 0.932 bits per heavy atom. The predicted molar refractivity (Wildman–Crippen MR) is 165 cm³/mol. The highest BCUT2D eigenvalue weighted by molar-refractivity contribution is 5.92. The highest BCUT2D eigenvalue weighted by Crippen LogP contribution is 2.42. The Morgan fingerprint density at radius 3 is 2.27 bits per heavy atom. The number of morpholine rings is 1. The first-order chi connectivity index (χ1) is 21.4. The Morgan fingerprint density at radius 2 is 1.61 bits per heavy atom. The first-order valence-electron chi connectivity index (χ1n) is 15.0. The number of amides is 2. The van der Waals surface area contributed by atoms with Crippen LogP contribution < -0.4 is 10.6 Å². The quantitative estimate of drug-likeness (QED) is 0.295. The molecule has 234 valence electrons. The van der Waals surface area contributed by atoms with E-state index < -0.39 is 24.3 Å². The van der Waals surface area contributed by atoms with Gasteiger partial charge >= 0.3 is 12.0 Å². The minimum atomic E-state index is -0.834. The number of esters is 1. The maximum Gasteiger partial charge on any atom is 0.328 e. The third kappa shape index (κ3) is 8.22. The van der Waals surface area contributed by atoms with E-state index in [4.69, 9.17) is 18.9 Å². The van der Waals surface area contributed by atoms with Gasteiger partial charge in [0.1, 0.15) is 6.04 Å². The molecule has 3 aromatic carbocycles. The van der Waals surface area contributed by atoms with E-state index in [1.54, 1.807) is 12.1 Å². The molecular formula is C34H41N3O7. The van der Waals surface area contributed by atoms with Crippen molar-refractivity contribution in [1.29, 1.82) is 0 Å². The SMILES string of the molecule is COC(=O)C(Cc1ccccc1)NC(=O)Nc1ccc(C2OC(CN3CCOCC3)C(C)C(c3ccc(CO)cc3)O2)cc1. The summed E-state index contributed by atoms with van der Waals surface area (Å²) in [5.41, 5.74) is 4.16. The van der Waals surface area contributed by atoms with Gasteiger partial charge in [-0.3, -0.25) is 4.90 Å². The van der Waals surface area contributed by atoms with Gasteiger partial charge in [-0.1, -0.05) is 73.7 Å². The van der Waals surface area contributed by atoms with Crippen LogP contribution in [0.1, 0.15) is 41.6 Å². The molecule has 3 aromatic rings. The maximum absolute atomic E-state index is 12.8. The molecule has 5 rings (SSSR count). The zero-order chi connectivity index (χ0) is 30.9. The van der Waals surface area contributed by atoms with E-state index >= 15 is 0 Å². The first kappa shape index (κ1) is 31.6. The van der Waals surface area contributed by atoms with Crippen LogP contribution in [0.3, 0.4) is 0 Å². The van der Waals surface area contributed by atoms with Crippen LogP contribution in [-0.2, 0) is 36.8 Å². The number of carbonyl (C=O) groups is 2. The molecule has 0 aromatic heterocycles. The molecule has 10 nitrogen and oxygen atoms in total. The summed E-state index contributed by atoms with van der Waals surface area (Å²) in [6, 6.07) is 23.3. The number of carbonyl (C=O) groups excluding carboxylic acids is 2. The number of aliphatic hydroxyl groups excluding tert-OH is 1. The monoisotopic (exact) mass is 603 g/mol. The molecule has 0 bridgehead atoms. The molecule has 2 aliphatic heterocycles. The lowest BCUT2D eigenvalue weighted by molar-refractivity contribution is -0.277. The number of anilines is 1. The first-order valence-corrected chi connectivity index (χ1v) is 15.0. The van der Waals surface area contributed by atoms with Gasteiger partial charge in [-0.25, -0.2) is 9.59 Å². The molecule has 2 aliphatic rings. The van der Waals surface area contributed by atoms with Gasteiger partial charge in [0.25, 0.3) is 0 Å². The number of nitrogens with zero attached hydrogens (tertiary/aromatic N) is 1. The van der Waals surface area contributed by atoms with Gasteiger partial charge in [-0.2, -0.15) is 0 Å². The highest BCUT2D eigenvalue weighted by Gasteiger charge is 2.39. The summed E-state index contributed by atoms with van der Waals surface area (Å²) >= 11 is 0. The summed E-state index contributed by atoms with van der Waals surface area (Å²) in [5.74, 6) is -0.440. The third-order valence-electron chi connectivity index (χ3n) is 8.18. The van der Waals surface area contributed by atoms with Crippen LogP contribution in [0.25, 0.3) is 0 Å². The number of nitrogens with one attached hydrogen (secondary N) is 2. The number of urea groups is 1. The fourth-order valence-electron chi connectivity index (χ4n) is 5.60. The van der Waals surface area contributed by atoms with E-state index in [9.17, 15) is 14.7 Å². The molecule has 2 fully saturated rings. The summed E-state index contributed by atoms with van der Waals surface area (Å²) in [4.78, 5) is 27.5. The van der Waals surface area contributed by atoms with Gasteiger partial charge in [0.2, 0.25) is 0 Å². The van der Waals surface area contributed by atoms with E-state index in [2.05, 4.69) is 22.5 Å². The minimum absolute atomic E-state index is 0.0124. The van der Waals surface area contributed by atoms with Crippen molar-refractivity contribution in [3.8, 4) is 0 Å². The average molecular weight is 604 g/mol. The molecule has 10 heteroatoms. The molecule has 44 heavy (non-hydrogen) atoms. The normalized spacial score (nSPS) is 23.0. The number of ether oxygens (including phenoxy) is 4. The highest BCUT2D eigenvalue weighted by atomic mass is 16.7. The Bertz CT molecular complexity index is 1350. The van der Waals surface area contributed by atoms with Gasteiger partial charge in [0.15, 0.2) is 6.29 Å². The van der Waals surface area contributed by atoms with Crippen molar-refractivity contribution >= 4 is 17.7 Å². The Kier molecular flexibility index (Phi) is 11.0. The largest absolute Gasteiger partial charge is 0.467 e. The standard InChI is InChI=1S/C34H41N3O7/c1-23-30(21-37-16-18-42-19-17-37)43-33(44-31(23)26-10-8-25(22-38)9-11-26)27-12-14-28(15-13-27)35-34(40)36-29(32(39)41-2)20-24-6-4-3-5-7-24/h3-15,23,29-31,33,38H,16-22H2,1-2H3,(H2,35,36,40). The molecule has 2 heterocycles. The number of aliphatic hydroxyl groups is 1. The fourth-order valence-corrected chi connectivity index (χ4v) is 5.60. The number of hydrogen-bond acceptors (Lipinski definition) is 8. The van der Waals surface area contributed by atoms with Crippen molar-refractivity contribution in [2.24, 2.45) is 5.92 Å². The molecular weight excluding hydrogens is 562 g/mol. The van der Waals surface area contributed by atoms with Crippen molar-refractivity contribution in [3.63, 3.8) is 0 Å². The van der Waals surface area contributed by atoms with E-state index in [1.807, 2.05) is 66.7 Å². The maximum atomic E-state index is 12.8. The third-order valence-corrected chi connectivity index (χ3v) is 8.18. The van der Waals surface area contributed by atoms with Gasteiger partial charge in [-0.05, 0) is 28.8 Å². The molecule has 2 saturated heterocycles. The van der Waals surface area contributed by atoms with Crippen LogP contribution >= 0.6 is 0 Å². The predicted octanol–water partition coefficient (Wildman–Crippen LogP) is 4.21. The molecule has 0 aliphatic carbocycles. The van der Waals surface area contributed by atoms with Crippen LogP contribution in [0.5, 0.6) is 0 Å². The molecule has 5 unspecified atom stereocenters.